The maximum Gasteiger partial charge on any atom is 0.219 e. The Balaban J connectivity index is 1.91. The Morgan fingerprint density at radius 1 is 1.29 bits per heavy atom. The molecular formula is C15H16BrFN2O2. The highest BCUT2D eigenvalue weighted by molar-refractivity contribution is 9.10. The summed E-state index contributed by atoms with van der Waals surface area (Å²) in [6.45, 7) is 2.17. The summed E-state index contributed by atoms with van der Waals surface area (Å²) in [7, 11) is 1.67. The van der Waals surface area contributed by atoms with Crippen LogP contribution in [0, 0.1) is 5.82 Å². The highest BCUT2D eigenvalue weighted by atomic mass is 79.9. The Hall–Kier alpha value is -1.50. The van der Waals surface area contributed by atoms with Crippen molar-refractivity contribution in [3.05, 3.63) is 52.4 Å². The van der Waals surface area contributed by atoms with Crippen LogP contribution in [0.25, 0.3) is 0 Å². The van der Waals surface area contributed by atoms with Gasteiger partial charge in [0.2, 0.25) is 5.88 Å². The van der Waals surface area contributed by atoms with E-state index >= 15 is 0 Å². The summed E-state index contributed by atoms with van der Waals surface area (Å²) in [6, 6.07) is 8.25. The number of benzene rings is 1. The first kappa shape index (κ1) is 15.9. The Morgan fingerprint density at radius 3 is 2.81 bits per heavy atom. The molecule has 0 bridgehead atoms. The third-order valence-corrected chi connectivity index (χ3v) is 3.37. The molecule has 4 nitrogen and oxygen atoms in total. The van der Waals surface area contributed by atoms with Gasteiger partial charge in [0, 0.05) is 38.5 Å². The van der Waals surface area contributed by atoms with Crippen molar-refractivity contribution in [3.8, 4) is 11.6 Å². The van der Waals surface area contributed by atoms with E-state index in [1.54, 1.807) is 31.5 Å². The van der Waals surface area contributed by atoms with Crippen molar-refractivity contribution in [1.29, 1.82) is 0 Å². The van der Waals surface area contributed by atoms with E-state index < -0.39 is 0 Å². The van der Waals surface area contributed by atoms with Gasteiger partial charge in [-0.1, -0.05) is 6.07 Å². The first-order valence-electron chi connectivity index (χ1n) is 6.46. The van der Waals surface area contributed by atoms with Crippen LogP contribution in [0.4, 0.5) is 4.39 Å². The minimum atomic E-state index is -0.369. The maximum absolute atomic E-state index is 13.4. The molecule has 1 aromatic carbocycles. The molecule has 1 aromatic heterocycles. The summed E-state index contributed by atoms with van der Waals surface area (Å²) >= 11 is 3.10. The van der Waals surface area contributed by atoms with Gasteiger partial charge >= 0.3 is 0 Å². The average molecular weight is 355 g/mol. The molecule has 0 saturated carbocycles. The molecule has 1 heterocycles. The molecule has 2 aromatic rings. The summed E-state index contributed by atoms with van der Waals surface area (Å²) in [6.07, 6.45) is 1.73. The molecular weight excluding hydrogens is 339 g/mol. The number of nitrogens with one attached hydrogen (secondary N) is 1. The summed E-state index contributed by atoms with van der Waals surface area (Å²) in [4.78, 5) is 4.20. The molecule has 0 saturated heterocycles. The normalized spacial score (nSPS) is 10.6. The highest BCUT2D eigenvalue weighted by Gasteiger charge is 2.04. The van der Waals surface area contributed by atoms with E-state index in [2.05, 4.69) is 26.2 Å². The smallest absolute Gasteiger partial charge is 0.219 e. The zero-order chi connectivity index (χ0) is 15.1. The van der Waals surface area contributed by atoms with Crippen LogP contribution in [0.3, 0.4) is 0 Å². The second kappa shape index (κ2) is 8.07. The molecule has 0 amide bonds. The van der Waals surface area contributed by atoms with E-state index in [1.165, 1.54) is 6.07 Å². The minimum Gasteiger partial charge on any atom is -0.439 e. The molecule has 0 aliphatic carbocycles. The van der Waals surface area contributed by atoms with Gasteiger partial charge in [-0.05, 0) is 33.6 Å². The third-order valence-electron chi connectivity index (χ3n) is 2.72. The van der Waals surface area contributed by atoms with Gasteiger partial charge in [0.05, 0.1) is 11.1 Å². The summed E-state index contributed by atoms with van der Waals surface area (Å²) in [5.41, 5.74) is 1.04. The fraction of sp³-hybridized carbons (Fsp3) is 0.267. The number of ether oxygens (including phenoxy) is 2. The van der Waals surface area contributed by atoms with Gasteiger partial charge in [0.15, 0.2) is 0 Å². The predicted molar refractivity (Wildman–Crippen MR) is 82.0 cm³/mol. The third kappa shape index (κ3) is 5.08. The van der Waals surface area contributed by atoms with Crippen LogP contribution < -0.4 is 10.1 Å². The first-order chi connectivity index (χ1) is 10.2. The number of aromatic nitrogens is 1. The molecule has 0 unspecified atom stereocenters. The van der Waals surface area contributed by atoms with Gasteiger partial charge in [0.1, 0.15) is 11.6 Å². The number of nitrogens with zero attached hydrogens (tertiary/aromatic N) is 1. The lowest BCUT2D eigenvalue weighted by Gasteiger charge is -2.07. The number of halogens is 2. The summed E-state index contributed by atoms with van der Waals surface area (Å²) in [5, 5.41) is 3.22. The van der Waals surface area contributed by atoms with Crippen molar-refractivity contribution in [1.82, 2.24) is 10.3 Å². The molecule has 112 valence electrons. The maximum atomic E-state index is 13.4. The van der Waals surface area contributed by atoms with E-state index in [0.717, 1.165) is 12.1 Å². The van der Waals surface area contributed by atoms with Gasteiger partial charge in [0.25, 0.3) is 0 Å². The zero-order valence-corrected chi connectivity index (χ0v) is 13.2. The number of rotatable bonds is 7. The summed E-state index contributed by atoms with van der Waals surface area (Å²) in [5.74, 6) is 0.470. The standard InChI is InChI=1S/C15H16BrFN2O2/c1-20-7-6-18-9-11-2-5-15(19-10-11)21-12-3-4-13(16)14(17)8-12/h2-5,8,10,18H,6-7,9H2,1H3. The van der Waals surface area contributed by atoms with E-state index in [9.17, 15) is 4.39 Å². The van der Waals surface area contributed by atoms with Gasteiger partial charge in [-0.25, -0.2) is 9.37 Å². The van der Waals surface area contributed by atoms with Crippen LogP contribution in [0.1, 0.15) is 5.56 Å². The molecule has 0 fully saturated rings. The van der Waals surface area contributed by atoms with E-state index in [0.29, 0.717) is 29.3 Å². The van der Waals surface area contributed by atoms with E-state index in [1.807, 2.05) is 6.07 Å². The van der Waals surface area contributed by atoms with Crippen molar-refractivity contribution >= 4 is 15.9 Å². The monoisotopic (exact) mass is 354 g/mol. The molecule has 0 aliphatic rings. The predicted octanol–water partition coefficient (Wildman–Crippen LogP) is 3.51. The SMILES string of the molecule is COCCNCc1ccc(Oc2ccc(Br)c(F)c2)nc1. The Bertz CT molecular complexity index is 578. The van der Waals surface area contributed by atoms with Crippen molar-refractivity contribution in [2.24, 2.45) is 0 Å². The van der Waals surface area contributed by atoms with Gasteiger partial charge in [-0.3, -0.25) is 0 Å². The molecule has 6 heteroatoms. The summed E-state index contributed by atoms with van der Waals surface area (Å²) < 4.78 is 24.2. The fourth-order valence-electron chi connectivity index (χ4n) is 1.64. The Kier molecular flexibility index (Phi) is 6.10. The van der Waals surface area contributed by atoms with Crippen LogP contribution in [0.5, 0.6) is 11.6 Å². The van der Waals surface area contributed by atoms with Crippen LogP contribution >= 0.6 is 15.9 Å². The second-order valence-corrected chi connectivity index (χ2v) is 5.21. The molecule has 1 N–H and O–H groups in total. The van der Waals surface area contributed by atoms with Crippen molar-refractivity contribution < 1.29 is 13.9 Å². The van der Waals surface area contributed by atoms with Gasteiger partial charge < -0.3 is 14.8 Å². The van der Waals surface area contributed by atoms with Crippen LogP contribution in [0.15, 0.2) is 41.0 Å². The van der Waals surface area contributed by atoms with Crippen LogP contribution in [0.2, 0.25) is 0 Å². The van der Waals surface area contributed by atoms with Crippen molar-refractivity contribution in [2.45, 2.75) is 6.54 Å². The van der Waals surface area contributed by atoms with Gasteiger partial charge in [-0.2, -0.15) is 0 Å². The Labute approximate surface area is 131 Å². The molecule has 0 aliphatic heterocycles. The highest BCUT2D eigenvalue weighted by Crippen LogP contribution is 2.24. The number of pyridine rings is 1. The zero-order valence-electron chi connectivity index (χ0n) is 11.6. The lowest BCUT2D eigenvalue weighted by Crippen LogP contribution is -2.18. The molecule has 21 heavy (non-hydrogen) atoms. The lowest BCUT2D eigenvalue weighted by atomic mass is 10.3. The number of methoxy groups -OCH3 is 1. The fourth-order valence-corrected chi connectivity index (χ4v) is 1.89. The second-order valence-electron chi connectivity index (χ2n) is 4.35. The van der Waals surface area contributed by atoms with Crippen molar-refractivity contribution in [3.63, 3.8) is 0 Å². The van der Waals surface area contributed by atoms with Gasteiger partial charge in [-0.15, -0.1) is 0 Å². The van der Waals surface area contributed by atoms with Crippen LogP contribution in [-0.4, -0.2) is 25.2 Å². The van der Waals surface area contributed by atoms with E-state index in [-0.39, 0.29) is 5.82 Å². The largest absolute Gasteiger partial charge is 0.439 e. The quantitative estimate of drug-likeness (QED) is 0.772. The van der Waals surface area contributed by atoms with Crippen LogP contribution in [-0.2, 0) is 11.3 Å². The lowest BCUT2D eigenvalue weighted by molar-refractivity contribution is 0.199. The van der Waals surface area contributed by atoms with E-state index in [4.69, 9.17) is 9.47 Å². The minimum absolute atomic E-state index is 0.369. The first-order valence-corrected chi connectivity index (χ1v) is 7.26. The number of hydrogen-bond donors (Lipinski definition) is 1. The number of hydrogen-bond acceptors (Lipinski definition) is 4. The Morgan fingerprint density at radius 2 is 2.14 bits per heavy atom. The molecule has 2 rings (SSSR count). The van der Waals surface area contributed by atoms with Crippen molar-refractivity contribution in [2.75, 3.05) is 20.3 Å². The molecule has 0 radical (unpaired) electrons. The average Bonchev–Trinajstić information content (AvgIpc) is 2.49. The molecule has 0 atom stereocenters. The molecule has 0 spiro atoms. The topological polar surface area (TPSA) is 43.4 Å².